The van der Waals surface area contributed by atoms with E-state index < -0.39 is 11.9 Å². The average Bonchev–Trinajstić information content (AvgIpc) is 2.46. The van der Waals surface area contributed by atoms with Crippen LogP contribution in [0.1, 0.15) is 12.0 Å². The number of methoxy groups -OCH3 is 2. The molecule has 0 aliphatic carbocycles. The van der Waals surface area contributed by atoms with Crippen LogP contribution < -0.4 is 4.74 Å². The lowest BCUT2D eigenvalue weighted by atomic mass is 9.96. The molecule has 0 fully saturated rings. The lowest BCUT2D eigenvalue weighted by Gasteiger charge is -2.14. The Hall–Kier alpha value is -1.59. The minimum Gasteiger partial charge on any atom is -0.496 e. The number of carboxylic acids is 1. The van der Waals surface area contributed by atoms with Crippen molar-refractivity contribution < 1.29 is 24.1 Å². The normalized spacial score (nSPS) is 12.1. The fraction of sp³-hybridized carbons (Fsp3) is 0.533. The minimum absolute atomic E-state index is 0.412. The highest BCUT2D eigenvalue weighted by Gasteiger charge is 2.19. The smallest absolute Gasteiger partial charge is 0.306 e. The van der Waals surface area contributed by atoms with Gasteiger partial charge >= 0.3 is 5.97 Å². The maximum absolute atomic E-state index is 11.3. The first-order valence-corrected chi connectivity index (χ1v) is 6.60. The predicted octanol–water partition coefficient (Wildman–Crippen LogP) is 1.99. The molecule has 5 nitrogen and oxygen atoms in total. The van der Waals surface area contributed by atoms with Crippen molar-refractivity contribution in [1.29, 1.82) is 0 Å². The number of rotatable bonds is 10. The molecular weight excluding hydrogens is 260 g/mol. The number of hydrogen-bond acceptors (Lipinski definition) is 4. The highest BCUT2D eigenvalue weighted by molar-refractivity contribution is 5.70. The third kappa shape index (κ3) is 5.59. The lowest BCUT2D eigenvalue weighted by Crippen LogP contribution is -2.19. The zero-order valence-corrected chi connectivity index (χ0v) is 12.0. The molecule has 1 aromatic carbocycles. The van der Waals surface area contributed by atoms with E-state index in [1.54, 1.807) is 14.2 Å². The van der Waals surface area contributed by atoms with Crippen LogP contribution in [0.25, 0.3) is 0 Å². The van der Waals surface area contributed by atoms with Crippen molar-refractivity contribution in [2.24, 2.45) is 5.92 Å². The number of hydrogen-bond donors (Lipinski definition) is 1. The van der Waals surface area contributed by atoms with Crippen molar-refractivity contribution in [2.45, 2.75) is 12.8 Å². The molecule has 1 N–H and O–H groups in total. The second-order valence-electron chi connectivity index (χ2n) is 4.44. The molecule has 0 aliphatic heterocycles. The molecule has 0 heterocycles. The number of para-hydroxylation sites is 1. The highest BCUT2D eigenvalue weighted by atomic mass is 16.5. The van der Waals surface area contributed by atoms with E-state index in [0.717, 1.165) is 11.3 Å². The van der Waals surface area contributed by atoms with Gasteiger partial charge in [-0.15, -0.1) is 0 Å². The summed E-state index contributed by atoms with van der Waals surface area (Å²) in [6.07, 6.45) is 0.907. The van der Waals surface area contributed by atoms with E-state index in [1.165, 1.54) is 0 Å². The largest absolute Gasteiger partial charge is 0.496 e. The van der Waals surface area contributed by atoms with Gasteiger partial charge < -0.3 is 19.3 Å². The van der Waals surface area contributed by atoms with Crippen molar-refractivity contribution in [1.82, 2.24) is 0 Å². The molecule has 0 radical (unpaired) electrons. The number of ether oxygens (including phenoxy) is 3. The summed E-state index contributed by atoms with van der Waals surface area (Å²) < 4.78 is 15.4. The Morgan fingerprint density at radius 1 is 1.20 bits per heavy atom. The summed E-state index contributed by atoms with van der Waals surface area (Å²) in [4.78, 5) is 11.3. The highest BCUT2D eigenvalue weighted by Crippen LogP contribution is 2.22. The molecule has 0 bridgehead atoms. The lowest BCUT2D eigenvalue weighted by molar-refractivity contribution is -0.142. The summed E-state index contributed by atoms with van der Waals surface area (Å²) >= 11 is 0. The molecule has 0 aliphatic rings. The number of benzene rings is 1. The second kappa shape index (κ2) is 9.34. The van der Waals surface area contributed by atoms with Gasteiger partial charge in [-0.2, -0.15) is 0 Å². The monoisotopic (exact) mass is 282 g/mol. The van der Waals surface area contributed by atoms with Gasteiger partial charge in [-0.3, -0.25) is 4.79 Å². The summed E-state index contributed by atoms with van der Waals surface area (Å²) in [5, 5.41) is 9.28. The summed E-state index contributed by atoms with van der Waals surface area (Å²) in [5.74, 6) is -0.570. The van der Waals surface area contributed by atoms with Gasteiger partial charge in [0.2, 0.25) is 0 Å². The van der Waals surface area contributed by atoms with Gasteiger partial charge in [-0.1, -0.05) is 18.2 Å². The van der Waals surface area contributed by atoms with Gasteiger partial charge in [0.15, 0.2) is 0 Å². The Labute approximate surface area is 119 Å². The molecule has 0 amide bonds. The van der Waals surface area contributed by atoms with Crippen LogP contribution in [-0.4, -0.2) is 45.1 Å². The molecular formula is C15H22O5. The quantitative estimate of drug-likeness (QED) is 0.665. The number of aliphatic carboxylic acids is 1. The van der Waals surface area contributed by atoms with Gasteiger partial charge in [-0.25, -0.2) is 0 Å². The van der Waals surface area contributed by atoms with Crippen LogP contribution in [0.2, 0.25) is 0 Å². The van der Waals surface area contributed by atoms with Crippen LogP contribution >= 0.6 is 0 Å². The molecule has 1 atom stereocenters. The summed E-state index contributed by atoms with van der Waals surface area (Å²) in [7, 11) is 3.19. The first-order chi connectivity index (χ1) is 9.69. The van der Waals surface area contributed by atoms with Crippen molar-refractivity contribution in [3.8, 4) is 5.75 Å². The maximum Gasteiger partial charge on any atom is 0.306 e. The number of carbonyl (C=O) groups is 1. The van der Waals surface area contributed by atoms with E-state index in [2.05, 4.69) is 0 Å². The minimum atomic E-state index is -0.814. The Bertz CT molecular complexity index is 405. The Balaban J connectivity index is 2.52. The van der Waals surface area contributed by atoms with E-state index >= 15 is 0 Å². The SMILES string of the molecule is COCCOCCC(Cc1ccccc1OC)C(=O)O. The van der Waals surface area contributed by atoms with Gasteiger partial charge in [0.1, 0.15) is 5.75 Å². The summed E-state index contributed by atoms with van der Waals surface area (Å²) in [5.41, 5.74) is 0.902. The Morgan fingerprint density at radius 2 is 1.95 bits per heavy atom. The molecule has 112 valence electrons. The van der Waals surface area contributed by atoms with Crippen molar-refractivity contribution in [3.05, 3.63) is 29.8 Å². The van der Waals surface area contributed by atoms with Gasteiger partial charge in [0.05, 0.1) is 26.2 Å². The third-order valence-electron chi connectivity index (χ3n) is 3.05. The van der Waals surface area contributed by atoms with E-state index in [9.17, 15) is 9.90 Å². The van der Waals surface area contributed by atoms with E-state index in [4.69, 9.17) is 14.2 Å². The van der Waals surface area contributed by atoms with Crippen LogP contribution in [0.15, 0.2) is 24.3 Å². The summed E-state index contributed by atoms with van der Waals surface area (Å²) in [6.45, 7) is 1.41. The fourth-order valence-corrected chi connectivity index (χ4v) is 1.92. The zero-order chi connectivity index (χ0) is 14.8. The third-order valence-corrected chi connectivity index (χ3v) is 3.05. The van der Waals surface area contributed by atoms with Crippen molar-refractivity contribution >= 4 is 5.97 Å². The van der Waals surface area contributed by atoms with Crippen LogP contribution in [-0.2, 0) is 20.7 Å². The van der Waals surface area contributed by atoms with Gasteiger partial charge in [0, 0.05) is 13.7 Å². The van der Waals surface area contributed by atoms with Crippen LogP contribution in [0.3, 0.4) is 0 Å². The van der Waals surface area contributed by atoms with E-state index in [1.807, 2.05) is 24.3 Å². The van der Waals surface area contributed by atoms with E-state index in [-0.39, 0.29) is 0 Å². The van der Waals surface area contributed by atoms with Gasteiger partial charge in [0.25, 0.3) is 0 Å². The molecule has 5 heteroatoms. The maximum atomic E-state index is 11.3. The van der Waals surface area contributed by atoms with E-state index in [0.29, 0.717) is 32.7 Å². The molecule has 20 heavy (non-hydrogen) atoms. The van der Waals surface area contributed by atoms with Crippen molar-refractivity contribution in [3.63, 3.8) is 0 Å². The molecule has 1 rings (SSSR count). The van der Waals surface area contributed by atoms with Crippen LogP contribution in [0.5, 0.6) is 5.75 Å². The van der Waals surface area contributed by atoms with Crippen molar-refractivity contribution in [2.75, 3.05) is 34.0 Å². The fourth-order valence-electron chi connectivity index (χ4n) is 1.92. The summed E-state index contributed by atoms with van der Waals surface area (Å²) in [6, 6.07) is 7.47. The first-order valence-electron chi connectivity index (χ1n) is 6.60. The molecule has 0 saturated carbocycles. The molecule has 0 saturated heterocycles. The molecule has 0 aromatic heterocycles. The molecule has 0 spiro atoms. The zero-order valence-electron chi connectivity index (χ0n) is 12.0. The second-order valence-corrected chi connectivity index (χ2v) is 4.44. The Kier molecular flexibility index (Phi) is 7.69. The number of carboxylic acid groups (broad SMARTS) is 1. The molecule has 1 aromatic rings. The van der Waals surface area contributed by atoms with Crippen LogP contribution in [0.4, 0.5) is 0 Å². The predicted molar refractivity (Wildman–Crippen MR) is 75.1 cm³/mol. The van der Waals surface area contributed by atoms with Crippen LogP contribution in [0, 0.1) is 5.92 Å². The molecule has 1 unspecified atom stereocenters. The topological polar surface area (TPSA) is 65.0 Å². The van der Waals surface area contributed by atoms with Gasteiger partial charge in [-0.05, 0) is 24.5 Å². The Morgan fingerprint density at radius 3 is 2.60 bits per heavy atom. The standard InChI is InChI=1S/C15H22O5/c1-18-9-10-20-8-7-13(15(16)17)11-12-5-3-4-6-14(12)19-2/h3-6,13H,7-11H2,1-2H3,(H,16,17). The average molecular weight is 282 g/mol. The first kappa shape index (κ1) is 16.5.